The number of alkyl halides is 3. The average Bonchev–Trinajstić information content (AvgIpc) is 2.49. The smallest absolute Gasteiger partial charge is 0.355 e. The number of amides is 1. The average molecular weight is 325 g/mol. The zero-order chi connectivity index (χ0) is 16.9. The number of carbonyl (C=O) groups excluding carboxylic acids is 1. The molecule has 0 aliphatic carbocycles. The van der Waals surface area contributed by atoms with Crippen molar-refractivity contribution in [1.82, 2.24) is 5.32 Å². The fraction of sp³-hybridized carbons (Fsp3) is 0.235. The molecule has 1 N–H and O–H groups in total. The molecule has 0 bridgehead atoms. The molecule has 0 heterocycles. The Bertz CT molecular complexity index is 665. The van der Waals surface area contributed by atoms with Gasteiger partial charge in [-0.25, -0.2) is 4.39 Å². The van der Waals surface area contributed by atoms with Crippen molar-refractivity contribution in [1.29, 1.82) is 0 Å². The third-order valence-electron chi connectivity index (χ3n) is 3.27. The molecule has 2 nitrogen and oxygen atoms in total. The first-order valence-electron chi connectivity index (χ1n) is 7.02. The van der Waals surface area contributed by atoms with E-state index in [-0.39, 0.29) is 18.1 Å². The molecule has 0 saturated heterocycles. The highest BCUT2D eigenvalue weighted by molar-refractivity contribution is 5.78. The van der Waals surface area contributed by atoms with Gasteiger partial charge in [0, 0.05) is 6.54 Å². The molecule has 0 unspecified atom stereocenters. The van der Waals surface area contributed by atoms with E-state index in [1.165, 1.54) is 24.3 Å². The summed E-state index contributed by atoms with van der Waals surface area (Å²) >= 11 is 0. The lowest BCUT2D eigenvalue weighted by molar-refractivity contribution is -0.137. The fourth-order valence-electron chi connectivity index (χ4n) is 2.10. The molecule has 2 rings (SSSR count). The van der Waals surface area contributed by atoms with Crippen molar-refractivity contribution in [2.24, 2.45) is 0 Å². The summed E-state index contributed by atoms with van der Waals surface area (Å²) in [5, 5.41) is 2.64. The van der Waals surface area contributed by atoms with E-state index in [9.17, 15) is 22.4 Å². The van der Waals surface area contributed by atoms with Gasteiger partial charge in [0.15, 0.2) is 0 Å². The molecule has 6 heteroatoms. The maximum absolute atomic E-state index is 12.7. The van der Waals surface area contributed by atoms with E-state index in [1.54, 1.807) is 12.1 Å². The van der Waals surface area contributed by atoms with Gasteiger partial charge in [-0.3, -0.25) is 4.79 Å². The van der Waals surface area contributed by atoms with Crippen LogP contribution in [0, 0.1) is 5.82 Å². The first-order valence-corrected chi connectivity index (χ1v) is 7.02. The van der Waals surface area contributed by atoms with Crippen LogP contribution in [-0.4, -0.2) is 12.5 Å². The highest BCUT2D eigenvalue weighted by Crippen LogP contribution is 2.29. The quantitative estimate of drug-likeness (QED) is 0.834. The van der Waals surface area contributed by atoms with Crippen LogP contribution < -0.4 is 5.32 Å². The lowest BCUT2D eigenvalue weighted by Crippen LogP contribution is -2.27. The van der Waals surface area contributed by atoms with Gasteiger partial charge in [0.2, 0.25) is 5.91 Å². The molecule has 2 aromatic carbocycles. The summed E-state index contributed by atoms with van der Waals surface area (Å²) in [6, 6.07) is 10.6. The monoisotopic (exact) mass is 325 g/mol. The lowest BCUT2D eigenvalue weighted by atomic mass is 10.1. The van der Waals surface area contributed by atoms with Gasteiger partial charge >= 0.3 is 6.18 Å². The van der Waals surface area contributed by atoms with E-state index in [0.29, 0.717) is 18.5 Å². The number of halogens is 4. The van der Waals surface area contributed by atoms with E-state index in [0.717, 1.165) is 17.7 Å². The van der Waals surface area contributed by atoms with Crippen molar-refractivity contribution in [2.45, 2.75) is 19.0 Å². The Hall–Kier alpha value is -2.37. The number of hydrogen-bond acceptors (Lipinski definition) is 1. The van der Waals surface area contributed by atoms with Crippen molar-refractivity contribution in [3.05, 3.63) is 71.0 Å². The number of nitrogens with one attached hydrogen (secondary N) is 1. The Morgan fingerprint density at radius 3 is 2.35 bits per heavy atom. The van der Waals surface area contributed by atoms with Gasteiger partial charge in [0.1, 0.15) is 5.82 Å². The minimum atomic E-state index is -4.42. The molecule has 0 aliphatic rings. The van der Waals surface area contributed by atoms with Crippen LogP contribution >= 0.6 is 0 Å². The van der Waals surface area contributed by atoms with Crippen LogP contribution in [0.3, 0.4) is 0 Å². The second-order valence-electron chi connectivity index (χ2n) is 5.10. The Balaban J connectivity index is 1.84. The van der Waals surface area contributed by atoms with E-state index >= 15 is 0 Å². The summed E-state index contributed by atoms with van der Waals surface area (Å²) < 4.78 is 50.5. The summed E-state index contributed by atoms with van der Waals surface area (Å²) in [5.41, 5.74) is 0.402. The summed E-state index contributed by atoms with van der Waals surface area (Å²) in [5.74, 6) is -0.686. The SMILES string of the molecule is O=C(Cc1cccc(C(F)(F)F)c1)NCCc1ccc(F)cc1. The summed E-state index contributed by atoms with van der Waals surface area (Å²) in [6.07, 6.45) is -4.02. The van der Waals surface area contributed by atoms with Crippen LogP contribution in [0.1, 0.15) is 16.7 Å². The third kappa shape index (κ3) is 5.39. The number of benzene rings is 2. The molecule has 0 spiro atoms. The highest BCUT2D eigenvalue weighted by atomic mass is 19.4. The Morgan fingerprint density at radius 1 is 1.00 bits per heavy atom. The second-order valence-corrected chi connectivity index (χ2v) is 5.10. The largest absolute Gasteiger partial charge is 0.416 e. The van der Waals surface area contributed by atoms with Gasteiger partial charge in [-0.05, 0) is 35.7 Å². The topological polar surface area (TPSA) is 29.1 Å². The highest BCUT2D eigenvalue weighted by Gasteiger charge is 2.30. The zero-order valence-electron chi connectivity index (χ0n) is 12.2. The molecule has 2 aromatic rings. The van der Waals surface area contributed by atoms with Crippen LogP contribution in [0.4, 0.5) is 17.6 Å². The molecular weight excluding hydrogens is 310 g/mol. The number of hydrogen-bond donors (Lipinski definition) is 1. The van der Waals surface area contributed by atoms with E-state index < -0.39 is 11.7 Å². The minimum Gasteiger partial charge on any atom is -0.355 e. The minimum absolute atomic E-state index is 0.118. The lowest BCUT2D eigenvalue weighted by Gasteiger charge is -2.09. The van der Waals surface area contributed by atoms with E-state index in [2.05, 4.69) is 5.32 Å². The third-order valence-corrected chi connectivity index (χ3v) is 3.27. The molecular formula is C17H15F4NO. The fourth-order valence-corrected chi connectivity index (χ4v) is 2.10. The molecule has 0 aliphatic heterocycles. The maximum Gasteiger partial charge on any atom is 0.416 e. The predicted octanol–water partition coefficient (Wildman–Crippen LogP) is 3.75. The Kier molecular flexibility index (Phi) is 5.36. The number of carbonyl (C=O) groups is 1. The molecule has 0 fully saturated rings. The predicted molar refractivity (Wildman–Crippen MR) is 78.3 cm³/mol. The van der Waals surface area contributed by atoms with Crippen LogP contribution in [0.25, 0.3) is 0 Å². The Morgan fingerprint density at radius 2 is 1.70 bits per heavy atom. The summed E-state index contributed by atoms with van der Waals surface area (Å²) in [4.78, 5) is 11.8. The van der Waals surface area contributed by atoms with Gasteiger partial charge in [0.05, 0.1) is 12.0 Å². The molecule has 0 aromatic heterocycles. The van der Waals surface area contributed by atoms with Crippen LogP contribution in [-0.2, 0) is 23.8 Å². The molecule has 1 amide bonds. The molecule has 122 valence electrons. The van der Waals surface area contributed by atoms with Crippen molar-refractivity contribution >= 4 is 5.91 Å². The van der Waals surface area contributed by atoms with Gasteiger partial charge in [-0.1, -0.05) is 30.3 Å². The van der Waals surface area contributed by atoms with E-state index in [1.807, 2.05) is 0 Å². The molecule has 0 radical (unpaired) electrons. The first-order chi connectivity index (χ1) is 10.8. The van der Waals surface area contributed by atoms with Crippen molar-refractivity contribution < 1.29 is 22.4 Å². The molecule has 0 atom stereocenters. The maximum atomic E-state index is 12.7. The van der Waals surface area contributed by atoms with Crippen molar-refractivity contribution in [2.75, 3.05) is 6.54 Å². The molecule has 0 saturated carbocycles. The van der Waals surface area contributed by atoms with Gasteiger partial charge in [-0.2, -0.15) is 13.2 Å². The van der Waals surface area contributed by atoms with E-state index in [4.69, 9.17) is 0 Å². The summed E-state index contributed by atoms with van der Waals surface area (Å²) in [6.45, 7) is 0.337. The van der Waals surface area contributed by atoms with Gasteiger partial charge in [0.25, 0.3) is 0 Å². The van der Waals surface area contributed by atoms with Crippen LogP contribution in [0.2, 0.25) is 0 Å². The van der Waals surface area contributed by atoms with Crippen LogP contribution in [0.15, 0.2) is 48.5 Å². The first kappa shape index (κ1) is 17.0. The standard InChI is InChI=1S/C17H15F4NO/c18-15-6-4-12(5-7-15)8-9-22-16(23)11-13-2-1-3-14(10-13)17(19,20)21/h1-7,10H,8-9,11H2,(H,22,23). The zero-order valence-corrected chi connectivity index (χ0v) is 12.2. The van der Waals surface area contributed by atoms with Crippen LogP contribution in [0.5, 0.6) is 0 Å². The number of rotatable bonds is 5. The summed E-state index contributed by atoms with van der Waals surface area (Å²) in [7, 11) is 0. The normalized spacial score (nSPS) is 11.3. The van der Waals surface area contributed by atoms with Gasteiger partial charge in [-0.15, -0.1) is 0 Å². The molecule has 23 heavy (non-hydrogen) atoms. The van der Waals surface area contributed by atoms with Crippen molar-refractivity contribution in [3.63, 3.8) is 0 Å². The van der Waals surface area contributed by atoms with Crippen molar-refractivity contribution in [3.8, 4) is 0 Å². The second kappa shape index (κ2) is 7.26. The van der Waals surface area contributed by atoms with Gasteiger partial charge < -0.3 is 5.32 Å². The Labute approximate surface area is 131 Å².